The lowest BCUT2D eigenvalue weighted by atomic mass is 10.2. The molecule has 0 bridgehead atoms. The van der Waals surface area contributed by atoms with Crippen LogP contribution in [0, 0.1) is 0 Å². The van der Waals surface area contributed by atoms with Crippen molar-refractivity contribution in [1.29, 1.82) is 0 Å². The van der Waals surface area contributed by atoms with Crippen molar-refractivity contribution in [2.75, 3.05) is 39.3 Å². The van der Waals surface area contributed by atoms with Gasteiger partial charge in [-0.05, 0) is 30.3 Å². The number of carbonyl (C=O) groups excluding carboxylic acids is 1. The van der Waals surface area contributed by atoms with Crippen molar-refractivity contribution < 1.29 is 22.7 Å². The van der Waals surface area contributed by atoms with Gasteiger partial charge in [0.25, 0.3) is 0 Å². The van der Waals surface area contributed by atoms with Gasteiger partial charge in [-0.3, -0.25) is 0 Å². The van der Waals surface area contributed by atoms with Crippen molar-refractivity contribution in [3.05, 3.63) is 53.6 Å². The van der Waals surface area contributed by atoms with Crippen LogP contribution in [0.1, 0.15) is 0 Å². The summed E-state index contributed by atoms with van der Waals surface area (Å²) in [5.41, 5.74) is 0. The third kappa shape index (κ3) is 4.48. The molecule has 1 unspecified atom stereocenters. The van der Waals surface area contributed by atoms with Gasteiger partial charge in [-0.2, -0.15) is 4.31 Å². The maximum atomic E-state index is 12.8. The van der Waals surface area contributed by atoms with E-state index < -0.39 is 10.0 Å². The molecule has 2 aliphatic rings. The molecular weight excluding hydrogens is 430 g/mol. The number of hydrogen-bond donors (Lipinski definition) is 1. The number of benzene rings is 2. The zero-order chi connectivity index (χ0) is 21.1. The first kappa shape index (κ1) is 20.8. The van der Waals surface area contributed by atoms with Gasteiger partial charge in [0.05, 0.1) is 11.4 Å². The number of piperazine rings is 1. The van der Waals surface area contributed by atoms with Crippen LogP contribution >= 0.6 is 11.6 Å². The molecule has 0 saturated carbocycles. The third-order valence-corrected chi connectivity index (χ3v) is 7.14. The number of nitrogens with one attached hydrogen (secondary N) is 1. The summed E-state index contributed by atoms with van der Waals surface area (Å²) in [6.07, 6.45) is -0.284. The molecule has 10 heteroatoms. The molecule has 0 aliphatic carbocycles. The summed E-state index contributed by atoms with van der Waals surface area (Å²) in [5, 5.41) is 3.21. The molecule has 0 radical (unpaired) electrons. The molecule has 1 atom stereocenters. The molecule has 8 nitrogen and oxygen atoms in total. The molecule has 1 fully saturated rings. The number of nitrogens with zero attached hydrogens (tertiary/aromatic N) is 2. The second-order valence-electron chi connectivity index (χ2n) is 7.03. The molecule has 4 rings (SSSR count). The monoisotopic (exact) mass is 451 g/mol. The largest absolute Gasteiger partial charge is 0.486 e. The van der Waals surface area contributed by atoms with E-state index in [-0.39, 0.29) is 30.1 Å². The smallest absolute Gasteiger partial charge is 0.317 e. The third-order valence-electron chi connectivity index (χ3n) is 5.01. The average molecular weight is 452 g/mol. The molecule has 0 spiro atoms. The van der Waals surface area contributed by atoms with E-state index in [0.29, 0.717) is 42.8 Å². The average Bonchev–Trinajstić information content (AvgIpc) is 2.77. The van der Waals surface area contributed by atoms with Crippen LogP contribution in [0.2, 0.25) is 5.02 Å². The number of sulfonamides is 1. The van der Waals surface area contributed by atoms with Crippen LogP contribution in [0.4, 0.5) is 4.79 Å². The number of fused-ring (bicyclic) bond motifs is 1. The summed E-state index contributed by atoms with van der Waals surface area (Å²) in [5.74, 6) is 1.35. The highest BCUT2D eigenvalue weighted by atomic mass is 35.5. The van der Waals surface area contributed by atoms with E-state index in [2.05, 4.69) is 5.32 Å². The van der Waals surface area contributed by atoms with Gasteiger partial charge in [-0.1, -0.05) is 29.8 Å². The van der Waals surface area contributed by atoms with Gasteiger partial charge < -0.3 is 19.7 Å². The molecule has 2 amide bonds. The van der Waals surface area contributed by atoms with E-state index in [1.807, 2.05) is 24.3 Å². The van der Waals surface area contributed by atoms with Gasteiger partial charge >= 0.3 is 6.03 Å². The highest BCUT2D eigenvalue weighted by Crippen LogP contribution is 2.30. The number of ether oxygens (including phenoxy) is 2. The number of para-hydroxylation sites is 2. The minimum absolute atomic E-state index is 0.155. The van der Waals surface area contributed by atoms with Gasteiger partial charge in [-0.15, -0.1) is 0 Å². The Balaban J connectivity index is 1.28. The Morgan fingerprint density at radius 3 is 2.53 bits per heavy atom. The lowest BCUT2D eigenvalue weighted by Gasteiger charge is -2.34. The Morgan fingerprint density at radius 1 is 1.07 bits per heavy atom. The molecule has 160 valence electrons. The van der Waals surface area contributed by atoms with Crippen molar-refractivity contribution in [2.45, 2.75) is 11.0 Å². The summed E-state index contributed by atoms with van der Waals surface area (Å²) >= 11 is 5.92. The normalized spacial score (nSPS) is 19.4. The molecule has 1 N–H and O–H groups in total. The van der Waals surface area contributed by atoms with E-state index in [0.717, 1.165) is 0 Å². The fourth-order valence-corrected chi connectivity index (χ4v) is 5.11. The van der Waals surface area contributed by atoms with Crippen LogP contribution in [0.3, 0.4) is 0 Å². The number of halogens is 1. The van der Waals surface area contributed by atoms with Gasteiger partial charge in [0.1, 0.15) is 6.61 Å². The zero-order valence-electron chi connectivity index (χ0n) is 16.2. The molecular formula is C20H22ClN3O5S. The van der Waals surface area contributed by atoms with Crippen LogP contribution in [-0.4, -0.2) is 69.1 Å². The molecule has 2 aromatic rings. The van der Waals surface area contributed by atoms with E-state index in [1.54, 1.807) is 17.0 Å². The Kier molecular flexibility index (Phi) is 6.03. The number of carbonyl (C=O) groups is 1. The summed E-state index contributed by atoms with van der Waals surface area (Å²) in [7, 11) is -3.64. The van der Waals surface area contributed by atoms with E-state index >= 15 is 0 Å². The highest BCUT2D eigenvalue weighted by Gasteiger charge is 2.30. The number of amides is 2. The SMILES string of the molecule is O=C(NCC1COc2ccccc2O1)N1CCN(S(=O)(=O)c2cccc(Cl)c2)CC1. The second kappa shape index (κ2) is 8.71. The Hall–Kier alpha value is -2.49. The molecule has 1 saturated heterocycles. The molecule has 2 aliphatic heterocycles. The minimum Gasteiger partial charge on any atom is -0.486 e. The molecule has 30 heavy (non-hydrogen) atoms. The summed E-state index contributed by atoms with van der Waals surface area (Å²) in [6.45, 7) is 1.70. The fraction of sp³-hybridized carbons (Fsp3) is 0.350. The lowest BCUT2D eigenvalue weighted by molar-refractivity contribution is 0.0893. The fourth-order valence-electron chi connectivity index (χ4n) is 3.38. The molecule has 0 aromatic heterocycles. The molecule has 2 aromatic carbocycles. The second-order valence-corrected chi connectivity index (χ2v) is 9.41. The van der Waals surface area contributed by atoms with Crippen molar-refractivity contribution in [3.63, 3.8) is 0 Å². The summed E-state index contributed by atoms with van der Waals surface area (Å²) in [4.78, 5) is 14.2. The predicted molar refractivity (Wildman–Crippen MR) is 112 cm³/mol. The number of hydrogen-bond acceptors (Lipinski definition) is 5. The molecule has 2 heterocycles. The number of rotatable bonds is 4. The van der Waals surface area contributed by atoms with Crippen LogP contribution in [-0.2, 0) is 10.0 Å². The quantitative estimate of drug-likeness (QED) is 0.769. The Bertz CT molecular complexity index is 1020. The maximum Gasteiger partial charge on any atom is 0.317 e. The van der Waals surface area contributed by atoms with Crippen LogP contribution in [0.5, 0.6) is 11.5 Å². The first-order chi connectivity index (χ1) is 14.4. The van der Waals surface area contributed by atoms with Gasteiger partial charge in [0.2, 0.25) is 10.0 Å². The van der Waals surface area contributed by atoms with Crippen LogP contribution in [0.15, 0.2) is 53.4 Å². The summed E-state index contributed by atoms with van der Waals surface area (Å²) < 4.78 is 38.4. The first-order valence-electron chi connectivity index (χ1n) is 9.60. The first-order valence-corrected chi connectivity index (χ1v) is 11.4. The van der Waals surface area contributed by atoms with Crippen molar-refractivity contribution in [3.8, 4) is 11.5 Å². The summed E-state index contributed by atoms with van der Waals surface area (Å²) in [6, 6.07) is 13.3. The van der Waals surface area contributed by atoms with Gasteiger partial charge in [0, 0.05) is 31.2 Å². The van der Waals surface area contributed by atoms with E-state index in [4.69, 9.17) is 21.1 Å². The predicted octanol–water partition coefficient (Wildman–Crippen LogP) is 2.20. The highest BCUT2D eigenvalue weighted by molar-refractivity contribution is 7.89. The van der Waals surface area contributed by atoms with Gasteiger partial charge in [0.15, 0.2) is 17.6 Å². The van der Waals surface area contributed by atoms with Crippen molar-refractivity contribution in [2.24, 2.45) is 0 Å². The zero-order valence-corrected chi connectivity index (χ0v) is 17.7. The minimum atomic E-state index is -3.64. The topological polar surface area (TPSA) is 88.2 Å². The van der Waals surface area contributed by atoms with Crippen LogP contribution in [0.25, 0.3) is 0 Å². The Labute approximate surface area is 180 Å². The van der Waals surface area contributed by atoms with Crippen molar-refractivity contribution in [1.82, 2.24) is 14.5 Å². The number of urea groups is 1. The van der Waals surface area contributed by atoms with E-state index in [9.17, 15) is 13.2 Å². The Morgan fingerprint density at radius 2 is 1.80 bits per heavy atom. The van der Waals surface area contributed by atoms with E-state index in [1.165, 1.54) is 16.4 Å². The lowest BCUT2D eigenvalue weighted by Crippen LogP contribution is -2.54. The van der Waals surface area contributed by atoms with Crippen LogP contribution < -0.4 is 14.8 Å². The maximum absolute atomic E-state index is 12.8. The van der Waals surface area contributed by atoms with Crippen molar-refractivity contribution >= 4 is 27.7 Å². The standard InChI is InChI=1S/C20H22ClN3O5S/c21-15-4-3-5-17(12-15)30(26,27)24-10-8-23(9-11-24)20(25)22-13-16-14-28-18-6-1-2-7-19(18)29-16/h1-7,12,16H,8-11,13-14H2,(H,22,25). The van der Waals surface area contributed by atoms with Gasteiger partial charge in [-0.25, -0.2) is 13.2 Å².